The van der Waals surface area contributed by atoms with Crippen molar-refractivity contribution < 1.29 is 24.2 Å². The molecule has 1 N–H and O–H groups in total. The summed E-state index contributed by atoms with van der Waals surface area (Å²) in [4.78, 5) is 26.6. The molecule has 6 rings (SSSR count). The van der Waals surface area contributed by atoms with Gasteiger partial charge in [0.15, 0.2) is 23.1 Å². The number of fused-ring (bicyclic) bond motifs is 4. The van der Waals surface area contributed by atoms with Gasteiger partial charge < -0.3 is 14.6 Å². The van der Waals surface area contributed by atoms with Gasteiger partial charge in [-0.1, -0.05) is 84.9 Å². The Kier molecular flexibility index (Phi) is 3.77. The largest absolute Gasteiger partial charge is 0.507 e. The monoisotopic (exact) mass is 420 g/mol. The van der Waals surface area contributed by atoms with E-state index in [2.05, 4.69) is 0 Å². The SMILES string of the molecule is O=C1c2ccccc2C(=O)c2c3c(cc(O)c21)OC(c1ccccc1)(c1ccccc1)O3. The first-order chi connectivity index (χ1) is 15.6. The predicted octanol–water partition coefficient (Wildman–Crippen LogP) is 4.84. The maximum absolute atomic E-state index is 13.5. The number of rotatable bonds is 2. The van der Waals surface area contributed by atoms with Gasteiger partial charge in [0.2, 0.25) is 0 Å². The van der Waals surface area contributed by atoms with E-state index >= 15 is 0 Å². The minimum Gasteiger partial charge on any atom is -0.507 e. The number of benzene rings is 4. The highest BCUT2D eigenvalue weighted by atomic mass is 16.7. The van der Waals surface area contributed by atoms with E-state index in [0.717, 1.165) is 0 Å². The molecule has 0 saturated carbocycles. The highest BCUT2D eigenvalue weighted by Gasteiger charge is 2.49. The smallest absolute Gasteiger partial charge is 0.305 e. The van der Waals surface area contributed by atoms with Crippen LogP contribution in [0, 0.1) is 0 Å². The lowest BCUT2D eigenvalue weighted by Crippen LogP contribution is -2.37. The fourth-order valence-electron chi connectivity index (χ4n) is 4.44. The second-order valence-electron chi connectivity index (χ2n) is 7.73. The third-order valence-electron chi connectivity index (χ3n) is 5.90. The van der Waals surface area contributed by atoms with Crippen molar-refractivity contribution in [2.45, 2.75) is 5.79 Å². The van der Waals surface area contributed by atoms with Gasteiger partial charge in [0.1, 0.15) is 5.75 Å². The van der Waals surface area contributed by atoms with Crippen molar-refractivity contribution in [3.8, 4) is 17.2 Å². The third kappa shape index (κ3) is 2.39. The molecule has 154 valence electrons. The normalized spacial score (nSPS) is 15.2. The van der Waals surface area contributed by atoms with Crippen LogP contribution in [0.1, 0.15) is 43.0 Å². The van der Waals surface area contributed by atoms with Crippen molar-refractivity contribution in [1.82, 2.24) is 0 Å². The van der Waals surface area contributed by atoms with Gasteiger partial charge in [-0.3, -0.25) is 9.59 Å². The zero-order valence-corrected chi connectivity index (χ0v) is 16.7. The standard InChI is InChI=1S/C27H16O5/c28-20-15-21-26(23-22(20)24(29)18-13-7-8-14-19(18)25(23)30)32-27(31-21,16-9-3-1-4-10-16)17-11-5-2-6-12-17/h1-15,28H. The first-order valence-electron chi connectivity index (χ1n) is 10.2. The Bertz CT molecular complexity index is 1370. The van der Waals surface area contributed by atoms with E-state index in [-0.39, 0.29) is 45.3 Å². The molecule has 0 bridgehead atoms. The quantitative estimate of drug-likeness (QED) is 0.442. The van der Waals surface area contributed by atoms with E-state index in [9.17, 15) is 14.7 Å². The molecule has 4 aromatic rings. The highest BCUT2D eigenvalue weighted by Crippen LogP contribution is 2.53. The molecule has 0 unspecified atom stereocenters. The Labute approximate surface area is 183 Å². The molecule has 1 aliphatic carbocycles. The molecule has 1 heterocycles. The molecule has 2 aliphatic rings. The molecule has 0 fully saturated rings. The van der Waals surface area contributed by atoms with Crippen molar-refractivity contribution in [2.75, 3.05) is 0 Å². The van der Waals surface area contributed by atoms with Gasteiger partial charge in [0, 0.05) is 28.3 Å². The lowest BCUT2D eigenvalue weighted by atomic mass is 9.83. The Hall–Kier alpha value is -4.38. The predicted molar refractivity (Wildman–Crippen MR) is 116 cm³/mol. The van der Waals surface area contributed by atoms with Gasteiger partial charge in [-0.05, 0) is 0 Å². The lowest BCUT2D eigenvalue weighted by molar-refractivity contribution is -0.0461. The minimum absolute atomic E-state index is 0.0254. The van der Waals surface area contributed by atoms with Crippen LogP contribution in [-0.2, 0) is 5.79 Å². The molecule has 4 aromatic carbocycles. The van der Waals surface area contributed by atoms with E-state index in [0.29, 0.717) is 11.1 Å². The van der Waals surface area contributed by atoms with E-state index < -0.39 is 11.6 Å². The lowest BCUT2D eigenvalue weighted by Gasteiger charge is -2.28. The number of hydrogen-bond acceptors (Lipinski definition) is 5. The van der Waals surface area contributed by atoms with E-state index in [4.69, 9.17) is 9.47 Å². The number of aromatic hydroxyl groups is 1. The number of ketones is 2. The molecule has 5 heteroatoms. The second kappa shape index (κ2) is 6.56. The molecule has 32 heavy (non-hydrogen) atoms. The van der Waals surface area contributed by atoms with Gasteiger partial charge in [0.25, 0.3) is 0 Å². The fraction of sp³-hybridized carbons (Fsp3) is 0.0370. The van der Waals surface area contributed by atoms with Crippen LogP contribution in [0.2, 0.25) is 0 Å². The summed E-state index contributed by atoms with van der Waals surface area (Å²) in [7, 11) is 0. The Balaban J connectivity index is 1.60. The Morgan fingerprint density at radius 2 is 1.12 bits per heavy atom. The average Bonchev–Trinajstić information content (AvgIpc) is 3.23. The van der Waals surface area contributed by atoms with Crippen LogP contribution < -0.4 is 9.47 Å². The van der Waals surface area contributed by atoms with E-state index in [1.54, 1.807) is 24.3 Å². The van der Waals surface area contributed by atoms with Crippen molar-refractivity contribution in [3.05, 3.63) is 124 Å². The van der Waals surface area contributed by atoms with Gasteiger partial charge in [0.05, 0.1) is 11.1 Å². The number of carbonyl (C=O) groups excluding carboxylic acids is 2. The molecule has 0 atom stereocenters. The zero-order valence-electron chi connectivity index (χ0n) is 16.7. The fourth-order valence-corrected chi connectivity index (χ4v) is 4.44. The minimum atomic E-state index is -1.37. The summed E-state index contributed by atoms with van der Waals surface area (Å²) in [6.07, 6.45) is 0. The summed E-state index contributed by atoms with van der Waals surface area (Å²) >= 11 is 0. The van der Waals surface area contributed by atoms with Crippen molar-refractivity contribution in [1.29, 1.82) is 0 Å². The van der Waals surface area contributed by atoms with Crippen LogP contribution in [0.25, 0.3) is 0 Å². The first kappa shape index (κ1) is 18.4. The van der Waals surface area contributed by atoms with E-state index in [1.807, 2.05) is 60.7 Å². The van der Waals surface area contributed by atoms with Crippen LogP contribution in [-0.4, -0.2) is 16.7 Å². The van der Waals surface area contributed by atoms with Crippen LogP contribution in [0.3, 0.4) is 0 Å². The van der Waals surface area contributed by atoms with Crippen LogP contribution in [0.4, 0.5) is 0 Å². The molecule has 0 amide bonds. The zero-order chi connectivity index (χ0) is 21.9. The number of phenolic OH excluding ortho intramolecular Hbond substituents is 1. The van der Waals surface area contributed by atoms with Crippen LogP contribution in [0.15, 0.2) is 91.0 Å². The van der Waals surface area contributed by atoms with Gasteiger partial charge >= 0.3 is 5.79 Å². The molecule has 1 aliphatic heterocycles. The number of ether oxygens (including phenoxy) is 2. The van der Waals surface area contributed by atoms with Crippen molar-refractivity contribution in [3.63, 3.8) is 0 Å². The van der Waals surface area contributed by atoms with Crippen LogP contribution in [0.5, 0.6) is 17.2 Å². The molecule has 0 saturated heterocycles. The molecule has 5 nitrogen and oxygen atoms in total. The molecular formula is C27H16O5. The van der Waals surface area contributed by atoms with Gasteiger partial charge in [-0.25, -0.2) is 0 Å². The summed E-state index contributed by atoms with van der Waals surface area (Å²) < 4.78 is 12.8. The number of carbonyl (C=O) groups is 2. The third-order valence-corrected chi connectivity index (χ3v) is 5.90. The highest BCUT2D eigenvalue weighted by molar-refractivity contribution is 6.30. The van der Waals surface area contributed by atoms with Crippen molar-refractivity contribution >= 4 is 11.6 Å². The Morgan fingerprint density at radius 3 is 1.69 bits per heavy atom. The summed E-state index contributed by atoms with van der Waals surface area (Å²) in [5.41, 5.74) is 1.93. The molecule has 0 spiro atoms. The summed E-state index contributed by atoms with van der Waals surface area (Å²) in [5, 5.41) is 10.7. The molecule has 0 radical (unpaired) electrons. The van der Waals surface area contributed by atoms with Crippen LogP contribution >= 0.6 is 0 Å². The summed E-state index contributed by atoms with van der Waals surface area (Å²) in [5.74, 6) is -2.13. The van der Waals surface area contributed by atoms with Gasteiger partial charge in [-0.15, -0.1) is 0 Å². The van der Waals surface area contributed by atoms with E-state index in [1.165, 1.54) is 6.07 Å². The second-order valence-corrected chi connectivity index (χ2v) is 7.73. The Morgan fingerprint density at radius 1 is 0.625 bits per heavy atom. The van der Waals surface area contributed by atoms with Gasteiger partial charge in [-0.2, -0.15) is 0 Å². The van der Waals surface area contributed by atoms with Crippen molar-refractivity contribution in [2.24, 2.45) is 0 Å². The molecule has 0 aromatic heterocycles. The maximum Gasteiger partial charge on any atom is 0.305 e. The maximum atomic E-state index is 13.5. The number of hydrogen-bond donors (Lipinski definition) is 1. The topological polar surface area (TPSA) is 72.8 Å². The number of phenols is 1. The molecular weight excluding hydrogens is 404 g/mol. The summed E-state index contributed by atoms with van der Waals surface area (Å²) in [6.45, 7) is 0. The average molecular weight is 420 g/mol. The first-order valence-corrected chi connectivity index (χ1v) is 10.2. The summed E-state index contributed by atoms with van der Waals surface area (Å²) in [6, 6.07) is 26.6.